The van der Waals surface area contributed by atoms with E-state index in [2.05, 4.69) is 5.32 Å². The fourth-order valence-corrected chi connectivity index (χ4v) is 1.95. The van der Waals surface area contributed by atoms with Gasteiger partial charge in [0.05, 0.1) is 5.60 Å². The molecule has 2 rings (SSSR count). The van der Waals surface area contributed by atoms with Gasteiger partial charge in [0, 0.05) is 6.54 Å². The van der Waals surface area contributed by atoms with E-state index < -0.39 is 5.60 Å². The average molecular weight is 299 g/mol. The Kier molecular flexibility index (Phi) is 5.17. The molecule has 0 fully saturated rings. The lowest BCUT2D eigenvalue weighted by Crippen LogP contribution is -2.28. The summed E-state index contributed by atoms with van der Waals surface area (Å²) in [5.74, 6) is 0.502. The first-order valence-electron chi connectivity index (χ1n) is 7.21. The van der Waals surface area contributed by atoms with Gasteiger partial charge in [0.15, 0.2) is 6.61 Å². The highest BCUT2D eigenvalue weighted by molar-refractivity contribution is 5.77. The molecule has 0 unspecified atom stereocenters. The van der Waals surface area contributed by atoms with Gasteiger partial charge in [-0.25, -0.2) is 0 Å². The Bertz CT molecular complexity index is 600. The van der Waals surface area contributed by atoms with Gasteiger partial charge in [-0.15, -0.1) is 0 Å². The van der Waals surface area contributed by atoms with E-state index in [1.54, 1.807) is 13.8 Å². The number of carbonyl (C=O) groups is 1. The number of rotatable bonds is 6. The summed E-state index contributed by atoms with van der Waals surface area (Å²) in [5, 5.41) is 12.7. The Morgan fingerprint density at radius 2 is 1.73 bits per heavy atom. The third-order valence-electron chi connectivity index (χ3n) is 3.26. The number of ether oxygens (including phenoxy) is 1. The second kappa shape index (κ2) is 7.09. The number of para-hydroxylation sites is 1. The van der Waals surface area contributed by atoms with Crippen LogP contribution in [0.25, 0.3) is 0 Å². The van der Waals surface area contributed by atoms with E-state index in [-0.39, 0.29) is 12.5 Å². The lowest BCUT2D eigenvalue weighted by molar-refractivity contribution is -0.123. The number of carbonyl (C=O) groups excluding carboxylic acids is 1. The van der Waals surface area contributed by atoms with Gasteiger partial charge in [0.2, 0.25) is 0 Å². The minimum atomic E-state index is -0.856. The van der Waals surface area contributed by atoms with E-state index >= 15 is 0 Å². The highest BCUT2D eigenvalue weighted by Crippen LogP contribution is 2.19. The van der Waals surface area contributed by atoms with Crippen LogP contribution in [0, 0.1) is 0 Å². The van der Waals surface area contributed by atoms with Gasteiger partial charge >= 0.3 is 0 Å². The van der Waals surface area contributed by atoms with Crippen LogP contribution in [0.1, 0.15) is 25.0 Å². The summed E-state index contributed by atoms with van der Waals surface area (Å²) < 4.78 is 5.37. The van der Waals surface area contributed by atoms with Crippen LogP contribution in [-0.2, 0) is 16.9 Å². The van der Waals surface area contributed by atoms with Gasteiger partial charge in [0.1, 0.15) is 5.75 Å². The summed E-state index contributed by atoms with van der Waals surface area (Å²) in [6.07, 6.45) is 0. The molecule has 0 spiro atoms. The minimum absolute atomic E-state index is 0.00817. The van der Waals surface area contributed by atoms with E-state index in [1.807, 2.05) is 54.6 Å². The molecule has 116 valence electrons. The quantitative estimate of drug-likeness (QED) is 0.862. The number of benzene rings is 2. The molecular weight excluding hydrogens is 278 g/mol. The molecule has 1 amide bonds. The Morgan fingerprint density at radius 1 is 1.09 bits per heavy atom. The number of amides is 1. The first-order chi connectivity index (χ1) is 10.4. The van der Waals surface area contributed by atoms with Crippen molar-refractivity contribution < 1.29 is 14.6 Å². The number of hydrogen-bond acceptors (Lipinski definition) is 3. The Labute approximate surface area is 130 Å². The molecule has 2 N–H and O–H groups in total. The van der Waals surface area contributed by atoms with Crippen LogP contribution in [0.15, 0.2) is 54.6 Å². The molecule has 2 aromatic carbocycles. The molecule has 0 saturated heterocycles. The molecule has 0 aromatic heterocycles. The molecule has 0 saturated carbocycles. The number of aliphatic hydroxyl groups is 1. The van der Waals surface area contributed by atoms with E-state index in [1.165, 1.54) is 0 Å². The van der Waals surface area contributed by atoms with Crippen LogP contribution in [0.2, 0.25) is 0 Å². The molecule has 0 radical (unpaired) electrons. The third kappa shape index (κ3) is 4.90. The molecule has 0 atom stereocenters. The maximum Gasteiger partial charge on any atom is 0.258 e. The van der Waals surface area contributed by atoms with Gasteiger partial charge in [-0.05, 0) is 37.1 Å². The van der Waals surface area contributed by atoms with Crippen molar-refractivity contribution in [3.05, 3.63) is 65.7 Å². The smallest absolute Gasteiger partial charge is 0.258 e. The molecule has 22 heavy (non-hydrogen) atoms. The fraction of sp³-hybridized carbons (Fsp3) is 0.278. The first-order valence-corrected chi connectivity index (χ1v) is 7.21. The summed E-state index contributed by atoms with van der Waals surface area (Å²) in [6.45, 7) is 3.91. The lowest BCUT2D eigenvalue weighted by Gasteiger charge is -2.18. The Morgan fingerprint density at radius 3 is 2.32 bits per heavy atom. The number of nitrogens with one attached hydrogen (secondary N) is 1. The second-order valence-electron chi connectivity index (χ2n) is 5.63. The molecule has 4 nitrogen and oxygen atoms in total. The topological polar surface area (TPSA) is 58.6 Å². The van der Waals surface area contributed by atoms with Crippen molar-refractivity contribution in [2.75, 3.05) is 6.61 Å². The summed E-state index contributed by atoms with van der Waals surface area (Å²) in [4.78, 5) is 11.7. The first kappa shape index (κ1) is 16.0. The lowest BCUT2D eigenvalue weighted by atomic mass is 9.97. The monoisotopic (exact) mass is 299 g/mol. The van der Waals surface area contributed by atoms with Crippen LogP contribution in [-0.4, -0.2) is 17.6 Å². The van der Waals surface area contributed by atoms with E-state index in [9.17, 15) is 9.90 Å². The number of hydrogen-bond donors (Lipinski definition) is 2. The molecule has 0 bridgehead atoms. The van der Waals surface area contributed by atoms with Crippen molar-refractivity contribution in [1.82, 2.24) is 5.32 Å². The molecule has 0 aliphatic heterocycles. The van der Waals surface area contributed by atoms with Crippen molar-refractivity contribution >= 4 is 5.91 Å². The van der Waals surface area contributed by atoms with Crippen molar-refractivity contribution in [3.8, 4) is 5.75 Å². The predicted octanol–water partition coefficient (Wildman–Crippen LogP) is 2.61. The molecular formula is C18H21NO3. The van der Waals surface area contributed by atoms with Crippen LogP contribution < -0.4 is 10.1 Å². The van der Waals surface area contributed by atoms with Crippen LogP contribution in [0.5, 0.6) is 5.75 Å². The van der Waals surface area contributed by atoms with Crippen molar-refractivity contribution in [2.24, 2.45) is 0 Å². The SMILES string of the molecule is CC(C)(O)c1ccc(CNC(=O)COc2ccccc2)cc1. The van der Waals surface area contributed by atoms with Gasteiger partial charge in [-0.2, -0.15) is 0 Å². The van der Waals surface area contributed by atoms with E-state index in [0.717, 1.165) is 11.1 Å². The van der Waals surface area contributed by atoms with Gasteiger partial charge in [-0.1, -0.05) is 42.5 Å². The molecule has 4 heteroatoms. The summed E-state index contributed by atoms with van der Waals surface area (Å²) in [7, 11) is 0. The summed E-state index contributed by atoms with van der Waals surface area (Å²) in [6, 6.07) is 16.7. The van der Waals surface area contributed by atoms with Crippen LogP contribution in [0.3, 0.4) is 0 Å². The Hall–Kier alpha value is -2.33. The van der Waals surface area contributed by atoms with E-state index in [0.29, 0.717) is 12.3 Å². The minimum Gasteiger partial charge on any atom is -0.484 e. The Balaban J connectivity index is 1.79. The summed E-state index contributed by atoms with van der Waals surface area (Å²) in [5.41, 5.74) is 0.960. The van der Waals surface area contributed by atoms with E-state index in [4.69, 9.17) is 4.74 Å². The molecule has 0 heterocycles. The highest BCUT2D eigenvalue weighted by atomic mass is 16.5. The summed E-state index contributed by atoms with van der Waals surface area (Å²) >= 11 is 0. The van der Waals surface area contributed by atoms with Crippen molar-refractivity contribution in [2.45, 2.75) is 26.0 Å². The maximum absolute atomic E-state index is 11.7. The zero-order chi connectivity index (χ0) is 16.0. The van der Waals surface area contributed by atoms with Crippen LogP contribution in [0.4, 0.5) is 0 Å². The van der Waals surface area contributed by atoms with Gasteiger partial charge in [-0.3, -0.25) is 4.79 Å². The second-order valence-corrected chi connectivity index (χ2v) is 5.63. The average Bonchev–Trinajstić information content (AvgIpc) is 2.51. The largest absolute Gasteiger partial charge is 0.484 e. The van der Waals surface area contributed by atoms with Crippen molar-refractivity contribution in [3.63, 3.8) is 0 Å². The molecule has 0 aliphatic carbocycles. The zero-order valence-corrected chi connectivity index (χ0v) is 12.9. The van der Waals surface area contributed by atoms with Crippen molar-refractivity contribution in [1.29, 1.82) is 0 Å². The zero-order valence-electron chi connectivity index (χ0n) is 12.9. The van der Waals surface area contributed by atoms with Crippen LogP contribution >= 0.6 is 0 Å². The fourth-order valence-electron chi connectivity index (χ4n) is 1.95. The third-order valence-corrected chi connectivity index (χ3v) is 3.26. The van der Waals surface area contributed by atoms with Gasteiger partial charge < -0.3 is 15.2 Å². The molecule has 0 aliphatic rings. The highest BCUT2D eigenvalue weighted by Gasteiger charge is 2.15. The predicted molar refractivity (Wildman–Crippen MR) is 85.5 cm³/mol. The maximum atomic E-state index is 11.7. The standard InChI is InChI=1S/C18H21NO3/c1-18(2,21)15-10-8-14(9-11-15)12-19-17(20)13-22-16-6-4-3-5-7-16/h3-11,21H,12-13H2,1-2H3,(H,19,20). The molecule has 2 aromatic rings. The normalized spacial score (nSPS) is 11.0. The van der Waals surface area contributed by atoms with Gasteiger partial charge in [0.25, 0.3) is 5.91 Å².